The predicted molar refractivity (Wildman–Crippen MR) is 136 cm³/mol. The predicted octanol–water partition coefficient (Wildman–Crippen LogP) is 5.49. The zero-order valence-corrected chi connectivity index (χ0v) is 19.7. The number of fused-ring (bicyclic) bond motifs is 1. The molecule has 0 saturated carbocycles. The van der Waals surface area contributed by atoms with Crippen LogP contribution in [-0.4, -0.2) is 34.9 Å². The number of ether oxygens (including phenoxy) is 2. The van der Waals surface area contributed by atoms with Crippen molar-refractivity contribution < 1.29 is 14.3 Å². The highest BCUT2D eigenvalue weighted by Gasteiger charge is 2.42. The Hall–Kier alpha value is -3.84. The van der Waals surface area contributed by atoms with E-state index in [4.69, 9.17) is 19.6 Å². The summed E-state index contributed by atoms with van der Waals surface area (Å²) >= 11 is 1.49. The molecule has 0 radical (unpaired) electrons. The van der Waals surface area contributed by atoms with Gasteiger partial charge < -0.3 is 9.47 Å². The van der Waals surface area contributed by atoms with E-state index < -0.39 is 12.0 Å². The molecular weight excluding hydrogens is 446 g/mol. The van der Waals surface area contributed by atoms with Gasteiger partial charge in [0, 0.05) is 11.1 Å². The molecule has 1 atom stereocenters. The largest absolute Gasteiger partial charge is 0.497 e. The molecule has 0 N–H and O–H groups in total. The Bertz CT molecular complexity index is 1290. The summed E-state index contributed by atoms with van der Waals surface area (Å²) in [4.78, 5) is 18.3. The standard InChI is InChI=1S/C27H23N3O3S/c1-3-33-26(31)22-23(18-10-6-4-7-11-18)28-27-30(24(22)19-14-16-21(32-2)17-15-19)29-25(34-27)20-12-8-5-9-13-20/h4-17,24H,3H2,1-2H3. The molecule has 0 aliphatic carbocycles. The number of hydrogen-bond acceptors (Lipinski definition) is 7. The molecule has 3 aromatic rings. The SMILES string of the molecule is CCOC(=O)C1=C(c2ccccc2)N=C2SC(c3ccccc3)=NN2C1c1ccc(OC)cc1. The summed E-state index contributed by atoms with van der Waals surface area (Å²) in [5.41, 5.74) is 3.80. The fourth-order valence-electron chi connectivity index (χ4n) is 3.97. The first-order valence-electron chi connectivity index (χ1n) is 11.0. The van der Waals surface area contributed by atoms with Crippen LogP contribution in [0.3, 0.4) is 0 Å². The van der Waals surface area contributed by atoms with Crippen molar-refractivity contribution in [3.63, 3.8) is 0 Å². The lowest BCUT2D eigenvalue weighted by molar-refractivity contribution is -0.139. The van der Waals surface area contributed by atoms with E-state index in [2.05, 4.69) is 0 Å². The summed E-state index contributed by atoms with van der Waals surface area (Å²) in [6.45, 7) is 2.07. The van der Waals surface area contributed by atoms with Gasteiger partial charge in [0.05, 0.1) is 25.0 Å². The fourth-order valence-corrected chi connectivity index (χ4v) is 4.90. The van der Waals surface area contributed by atoms with E-state index in [1.54, 1.807) is 14.0 Å². The molecule has 3 aromatic carbocycles. The van der Waals surface area contributed by atoms with E-state index in [9.17, 15) is 4.79 Å². The normalized spacial score (nSPS) is 17.1. The Kier molecular flexibility index (Phi) is 6.18. The Morgan fingerprint density at radius 2 is 1.59 bits per heavy atom. The number of benzene rings is 3. The van der Waals surface area contributed by atoms with Crippen LogP contribution in [-0.2, 0) is 9.53 Å². The highest BCUT2D eigenvalue weighted by atomic mass is 32.2. The van der Waals surface area contributed by atoms with Gasteiger partial charge in [0.2, 0.25) is 0 Å². The van der Waals surface area contributed by atoms with Crippen LogP contribution in [0.1, 0.15) is 29.7 Å². The van der Waals surface area contributed by atoms with Crippen LogP contribution in [0.15, 0.2) is 101 Å². The van der Waals surface area contributed by atoms with Crippen molar-refractivity contribution in [1.29, 1.82) is 0 Å². The number of hydrogen-bond donors (Lipinski definition) is 0. The summed E-state index contributed by atoms with van der Waals surface area (Å²) in [5.74, 6) is 0.334. The second-order valence-electron chi connectivity index (χ2n) is 7.64. The molecule has 2 aliphatic rings. The number of amidine groups is 1. The van der Waals surface area contributed by atoms with Gasteiger partial charge in [-0.1, -0.05) is 72.8 Å². The van der Waals surface area contributed by atoms with Crippen LogP contribution in [0.4, 0.5) is 0 Å². The van der Waals surface area contributed by atoms with Gasteiger partial charge in [-0.2, -0.15) is 5.10 Å². The van der Waals surface area contributed by atoms with E-state index in [1.807, 2.05) is 89.9 Å². The average molecular weight is 470 g/mol. The van der Waals surface area contributed by atoms with Crippen molar-refractivity contribution in [3.05, 3.63) is 107 Å². The lowest BCUT2D eigenvalue weighted by Gasteiger charge is -2.32. The van der Waals surface area contributed by atoms with E-state index >= 15 is 0 Å². The minimum Gasteiger partial charge on any atom is -0.497 e. The highest BCUT2D eigenvalue weighted by molar-refractivity contribution is 8.27. The summed E-state index contributed by atoms with van der Waals surface area (Å²) in [5, 5.41) is 8.28. The van der Waals surface area contributed by atoms with Crippen molar-refractivity contribution >= 4 is 33.6 Å². The Morgan fingerprint density at radius 3 is 2.21 bits per heavy atom. The Morgan fingerprint density at radius 1 is 0.941 bits per heavy atom. The van der Waals surface area contributed by atoms with Crippen LogP contribution < -0.4 is 4.74 Å². The van der Waals surface area contributed by atoms with Crippen molar-refractivity contribution in [2.45, 2.75) is 13.0 Å². The molecule has 0 spiro atoms. The number of nitrogens with zero attached hydrogens (tertiary/aromatic N) is 3. The number of methoxy groups -OCH3 is 1. The lowest BCUT2D eigenvalue weighted by atomic mass is 9.93. The first kappa shape index (κ1) is 22.0. The number of hydrazone groups is 1. The number of esters is 1. The van der Waals surface area contributed by atoms with Crippen LogP contribution in [0, 0.1) is 0 Å². The van der Waals surface area contributed by atoms with Crippen molar-refractivity contribution in [1.82, 2.24) is 5.01 Å². The Balaban J connectivity index is 1.70. The van der Waals surface area contributed by atoms with Gasteiger partial charge in [-0.05, 0) is 36.4 Å². The number of thioether (sulfide) groups is 1. The maximum atomic E-state index is 13.4. The average Bonchev–Trinajstić information content (AvgIpc) is 3.33. The van der Waals surface area contributed by atoms with Crippen LogP contribution in [0.2, 0.25) is 0 Å². The van der Waals surface area contributed by atoms with Crippen molar-refractivity contribution in [2.75, 3.05) is 13.7 Å². The zero-order chi connectivity index (χ0) is 23.5. The second-order valence-corrected chi connectivity index (χ2v) is 8.59. The van der Waals surface area contributed by atoms with Crippen LogP contribution in [0.25, 0.3) is 5.70 Å². The van der Waals surface area contributed by atoms with Crippen LogP contribution in [0.5, 0.6) is 5.75 Å². The lowest BCUT2D eigenvalue weighted by Crippen LogP contribution is -2.34. The van der Waals surface area contributed by atoms with Gasteiger partial charge >= 0.3 is 5.97 Å². The minimum atomic E-state index is -0.499. The molecule has 34 heavy (non-hydrogen) atoms. The van der Waals surface area contributed by atoms with E-state index in [0.29, 0.717) is 16.4 Å². The second kappa shape index (κ2) is 9.57. The van der Waals surface area contributed by atoms with Crippen molar-refractivity contribution in [2.24, 2.45) is 10.1 Å². The van der Waals surface area contributed by atoms with Gasteiger partial charge in [-0.25, -0.2) is 14.8 Å². The van der Waals surface area contributed by atoms with E-state index in [0.717, 1.165) is 27.5 Å². The van der Waals surface area contributed by atoms with Gasteiger partial charge in [-0.3, -0.25) is 0 Å². The summed E-state index contributed by atoms with van der Waals surface area (Å²) < 4.78 is 10.9. The minimum absolute atomic E-state index is 0.267. The number of carbonyl (C=O) groups excluding carboxylic acids is 1. The summed E-state index contributed by atoms with van der Waals surface area (Å²) in [6.07, 6.45) is 0. The molecule has 0 saturated heterocycles. The van der Waals surface area contributed by atoms with E-state index in [1.165, 1.54) is 11.8 Å². The third kappa shape index (κ3) is 4.10. The van der Waals surface area contributed by atoms with Gasteiger partial charge in [-0.15, -0.1) is 0 Å². The molecule has 0 aromatic heterocycles. The summed E-state index contributed by atoms with van der Waals surface area (Å²) in [6, 6.07) is 26.9. The van der Waals surface area contributed by atoms with Gasteiger partial charge in [0.1, 0.15) is 16.8 Å². The monoisotopic (exact) mass is 469 g/mol. The summed E-state index contributed by atoms with van der Waals surface area (Å²) in [7, 11) is 1.63. The topological polar surface area (TPSA) is 63.5 Å². The maximum Gasteiger partial charge on any atom is 0.338 e. The number of aliphatic imine (C=N–C) groups is 1. The number of rotatable bonds is 6. The van der Waals surface area contributed by atoms with Crippen LogP contribution >= 0.6 is 11.8 Å². The first-order chi connectivity index (χ1) is 16.7. The van der Waals surface area contributed by atoms with Crippen molar-refractivity contribution in [3.8, 4) is 5.75 Å². The molecule has 170 valence electrons. The quantitative estimate of drug-likeness (QED) is 0.447. The van der Waals surface area contributed by atoms with E-state index in [-0.39, 0.29) is 6.61 Å². The molecule has 2 aliphatic heterocycles. The molecule has 5 rings (SSSR count). The molecule has 0 amide bonds. The molecule has 0 bridgehead atoms. The zero-order valence-electron chi connectivity index (χ0n) is 18.8. The Labute approximate surface area is 202 Å². The molecule has 6 nitrogen and oxygen atoms in total. The third-order valence-corrected chi connectivity index (χ3v) is 6.53. The molecule has 1 unspecified atom stereocenters. The van der Waals surface area contributed by atoms with Gasteiger partial charge in [0.25, 0.3) is 0 Å². The molecule has 2 heterocycles. The maximum absolute atomic E-state index is 13.4. The highest BCUT2D eigenvalue weighted by Crippen LogP contribution is 2.45. The van der Waals surface area contributed by atoms with Gasteiger partial charge in [0.15, 0.2) is 5.17 Å². The smallest absolute Gasteiger partial charge is 0.338 e. The number of carbonyl (C=O) groups is 1. The molecular formula is C27H23N3O3S. The molecule has 7 heteroatoms. The third-order valence-electron chi connectivity index (χ3n) is 5.56. The fraction of sp³-hybridized carbons (Fsp3) is 0.148. The molecule has 0 fully saturated rings. The first-order valence-corrected chi connectivity index (χ1v) is 11.8.